The minimum absolute atomic E-state index is 0.138. The molecule has 3 unspecified atom stereocenters. The summed E-state index contributed by atoms with van der Waals surface area (Å²) in [6.45, 7) is -0.208. The van der Waals surface area contributed by atoms with Crippen molar-refractivity contribution in [3.8, 4) is 6.01 Å². The van der Waals surface area contributed by atoms with Crippen molar-refractivity contribution in [2.24, 2.45) is 7.05 Å². The smallest absolute Gasteiger partial charge is 0.314 e. The number of amides is 2. The number of carbonyl (C=O) groups excluding carboxylic acids is 2. The summed E-state index contributed by atoms with van der Waals surface area (Å²) < 4.78 is 35.7. The zero-order chi connectivity index (χ0) is 26.1. The van der Waals surface area contributed by atoms with Crippen LogP contribution < -0.4 is 10.1 Å². The Balaban J connectivity index is 1.36. The van der Waals surface area contributed by atoms with Gasteiger partial charge in [0.1, 0.15) is 12.2 Å². The van der Waals surface area contributed by atoms with Crippen molar-refractivity contribution in [1.82, 2.24) is 30.0 Å². The Morgan fingerprint density at radius 3 is 2.57 bits per heavy atom. The first kappa shape index (κ1) is 24.8. The average Bonchev–Trinajstić information content (AvgIpc) is 3.56. The van der Waals surface area contributed by atoms with Crippen molar-refractivity contribution in [2.75, 3.05) is 13.7 Å². The normalized spacial score (nSPS) is 20.1. The van der Waals surface area contributed by atoms with Crippen LogP contribution in [-0.4, -0.2) is 62.3 Å². The topological polar surface area (TPSA) is 102 Å². The maximum absolute atomic E-state index is 14.8. The van der Waals surface area contributed by atoms with Crippen LogP contribution >= 0.6 is 0 Å². The minimum atomic E-state index is -1.35. The maximum atomic E-state index is 14.8. The lowest BCUT2D eigenvalue weighted by atomic mass is 10.0. The lowest BCUT2D eigenvalue weighted by Crippen LogP contribution is -2.47. The van der Waals surface area contributed by atoms with Crippen molar-refractivity contribution in [3.05, 3.63) is 71.1 Å². The van der Waals surface area contributed by atoms with Gasteiger partial charge >= 0.3 is 6.01 Å². The summed E-state index contributed by atoms with van der Waals surface area (Å²) >= 11 is 0. The van der Waals surface area contributed by atoms with Gasteiger partial charge in [-0.2, -0.15) is 14.5 Å². The number of aryl methyl sites for hydroxylation is 1. The summed E-state index contributed by atoms with van der Waals surface area (Å²) in [5.41, 5.74) is 1.60. The van der Waals surface area contributed by atoms with E-state index < -0.39 is 36.0 Å². The van der Waals surface area contributed by atoms with E-state index in [4.69, 9.17) is 4.74 Å². The number of ether oxygens (including phenoxy) is 1. The number of pyridine rings is 1. The molecule has 2 fully saturated rings. The number of carbonyl (C=O) groups is 2. The third-order valence-corrected chi connectivity index (χ3v) is 6.76. The second kappa shape index (κ2) is 10.2. The van der Waals surface area contributed by atoms with Gasteiger partial charge in [0.2, 0.25) is 17.8 Å². The van der Waals surface area contributed by atoms with Crippen molar-refractivity contribution in [1.29, 1.82) is 0 Å². The molecule has 3 heterocycles. The van der Waals surface area contributed by atoms with E-state index in [1.165, 1.54) is 16.7 Å². The number of hydrogen-bond acceptors (Lipinski definition) is 6. The first-order chi connectivity index (χ1) is 17.8. The molecule has 0 bridgehead atoms. The Hall–Kier alpha value is -3.89. The number of halogens is 2. The highest BCUT2D eigenvalue weighted by molar-refractivity contribution is 5.89. The Morgan fingerprint density at radius 2 is 1.92 bits per heavy atom. The Kier molecular flexibility index (Phi) is 6.86. The summed E-state index contributed by atoms with van der Waals surface area (Å²) in [5, 5.41) is 7.03. The fourth-order valence-electron chi connectivity index (χ4n) is 4.75. The number of nitrogens with one attached hydrogen (secondary N) is 1. The molecule has 37 heavy (non-hydrogen) atoms. The average molecular weight is 511 g/mol. The van der Waals surface area contributed by atoms with Gasteiger partial charge in [-0.15, -0.1) is 0 Å². The number of likely N-dealkylation sites (tertiary alicyclic amines) is 1. The van der Waals surface area contributed by atoms with Gasteiger partial charge in [-0.05, 0) is 30.4 Å². The van der Waals surface area contributed by atoms with Crippen molar-refractivity contribution in [3.63, 3.8) is 0 Å². The Morgan fingerprint density at radius 1 is 1.16 bits per heavy atom. The quantitative estimate of drug-likeness (QED) is 0.468. The second-order valence-electron chi connectivity index (χ2n) is 9.45. The maximum Gasteiger partial charge on any atom is 0.314 e. The van der Waals surface area contributed by atoms with E-state index in [0.29, 0.717) is 16.8 Å². The zero-order valence-electron chi connectivity index (χ0n) is 20.6. The van der Waals surface area contributed by atoms with Crippen molar-refractivity contribution < 1.29 is 23.1 Å². The van der Waals surface area contributed by atoms with Gasteiger partial charge in [0.25, 0.3) is 0 Å². The van der Waals surface area contributed by atoms with E-state index in [0.717, 1.165) is 12.8 Å². The molecule has 194 valence electrons. The molecule has 11 heteroatoms. The van der Waals surface area contributed by atoms with E-state index in [1.807, 2.05) is 6.07 Å². The molecule has 2 amide bonds. The summed E-state index contributed by atoms with van der Waals surface area (Å²) in [6, 6.07) is 10.9. The SMILES string of the molecule is COc1nc(CC(=O)N2CC(F)CC2C(=O)NC(c2ccccc2)c2ccc(C3CC3)c(F)n2)nn1C. The summed E-state index contributed by atoms with van der Waals surface area (Å²) in [6.07, 6.45) is 0.182. The Bertz CT molecular complexity index is 1300. The molecule has 2 aromatic heterocycles. The summed E-state index contributed by atoms with van der Waals surface area (Å²) in [5.74, 6) is -1.15. The number of alkyl halides is 1. The number of hydrogen-bond donors (Lipinski definition) is 1. The molecule has 0 spiro atoms. The van der Waals surface area contributed by atoms with Crippen LogP contribution in [0.2, 0.25) is 0 Å². The van der Waals surface area contributed by atoms with E-state index >= 15 is 0 Å². The molecule has 1 aliphatic heterocycles. The van der Waals surface area contributed by atoms with Crippen LogP contribution in [0, 0.1) is 5.95 Å². The molecule has 1 aliphatic carbocycles. The number of aromatic nitrogens is 4. The van der Waals surface area contributed by atoms with Crippen LogP contribution in [-0.2, 0) is 23.1 Å². The third-order valence-electron chi connectivity index (χ3n) is 6.76. The van der Waals surface area contributed by atoms with Crippen LogP contribution in [0.1, 0.15) is 53.9 Å². The van der Waals surface area contributed by atoms with Gasteiger partial charge in [0, 0.05) is 19.0 Å². The molecular formula is C26H28F2N6O3. The van der Waals surface area contributed by atoms with Gasteiger partial charge in [-0.25, -0.2) is 14.1 Å². The van der Waals surface area contributed by atoms with Crippen LogP contribution in [0.15, 0.2) is 42.5 Å². The molecule has 3 atom stereocenters. The van der Waals surface area contributed by atoms with Gasteiger partial charge in [-0.1, -0.05) is 36.4 Å². The van der Waals surface area contributed by atoms with Crippen molar-refractivity contribution in [2.45, 2.75) is 49.9 Å². The van der Waals surface area contributed by atoms with E-state index in [1.54, 1.807) is 43.4 Å². The predicted molar refractivity (Wildman–Crippen MR) is 129 cm³/mol. The lowest BCUT2D eigenvalue weighted by molar-refractivity contribution is -0.138. The van der Waals surface area contributed by atoms with Crippen LogP contribution in [0.5, 0.6) is 6.01 Å². The molecule has 1 saturated heterocycles. The fourth-order valence-corrected chi connectivity index (χ4v) is 4.75. The van der Waals surface area contributed by atoms with Gasteiger partial charge in [-0.3, -0.25) is 9.59 Å². The molecule has 5 rings (SSSR count). The molecule has 1 saturated carbocycles. The van der Waals surface area contributed by atoms with Crippen LogP contribution in [0.25, 0.3) is 0 Å². The molecule has 0 radical (unpaired) electrons. The predicted octanol–water partition coefficient (Wildman–Crippen LogP) is 2.62. The molecule has 9 nitrogen and oxygen atoms in total. The first-order valence-corrected chi connectivity index (χ1v) is 12.2. The van der Waals surface area contributed by atoms with Gasteiger partial charge in [0.05, 0.1) is 31.8 Å². The lowest BCUT2D eigenvalue weighted by Gasteiger charge is -2.26. The zero-order valence-corrected chi connectivity index (χ0v) is 20.6. The summed E-state index contributed by atoms with van der Waals surface area (Å²) in [7, 11) is 3.06. The summed E-state index contributed by atoms with van der Waals surface area (Å²) in [4.78, 5) is 36.0. The monoisotopic (exact) mass is 510 g/mol. The largest absolute Gasteiger partial charge is 0.467 e. The highest BCUT2D eigenvalue weighted by atomic mass is 19.1. The number of rotatable bonds is 8. The van der Waals surface area contributed by atoms with Crippen molar-refractivity contribution >= 4 is 11.8 Å². The molecule has 1 N–H and O–H groups in total. The molecule has 2 aliphatic rings. The standard InChI is InChI=1S/C26H28F2N6O3/c1-33-26(37-2)30-21(32-33)13-22(35)34-14-17(27)12-20(34)25(36)31-23(16-6-4-3-5-7-16)19-11-10-18(15-8-9-15)24(28)29-19/h3-7,10-11,15,17,20,23H,8-9,12-14H2,1-2H3,(H,31,36). The minimum Gasteiger partial charge on any atom is -0.467 e. The molecular weight excluding hydrogens is 482 g/mol. The van der Waals surface area contributed by atoms with Gasteiger partial charge < -0.3 is 15.0 Å². The third kappa shape index (κ3) is 5.30. The van der Waals surface area contributed by atoms with E-state index in [2.05, 4.69) is 20.4 Å². The fraction of sp³-hybridized carbons (Fsp3) is 0.423. The van der Waals surface area contributed by atoms with E-state index in [-0.39, 0.29) is 37.1 Å². The second-order valence-corrected chi connectivity index (χ2v) is 9.45. The Labute approximate surface area is 212 Å². The van der Waals surface area contributed by atoms with E-state index in [9.17, 15) is 18.4 Å². The number of methoxy groups -OCH3 is 1. The first-order valence-electron chi connectivity index (χ1n) is 12.2. The number of nitrogens with zero attached hydrogens (tertiary/aromatic N) is 5. The highest BCUT2D eigenvalue weighted by Gasteiger charge is 2.41. The molecule has 1 aromatic carbocycles. The van der Waals surface area contributed by atoms with Crippen LogP contribution in [0.4, 0.5) is 8.78 Å². The van der Waals surface area contributed by atoms with Gasteiger partial charge in [0.15, 0.2) is 5.82 Å². The number of benzene rings is 1. The highest BCUT2D eigenvalue weighted by Crippen LogP contribution is 2.41. The molecule has 3 aromatic rings. The van der Waals surface area contributed by atoms with Crippen LogP contribution in [0.3, 0.4) is 0 Å².